The van der Waals surface area contributed by atoms with Crippen LogP contribution in [0.5, 0.6) is 5.88 Å². The molecule has 0 unspecified atom stereocenters. The summed E-state index contributed by atoms with van der Waals surface area (Å²) in [5.74, 6) is -0.792. The van der Waals surface area contributed by atoms with E-state index in [-0.39, 0.29) is 30.8 Å². The van der Waals surface area contributed by atoms with Crippen molar-refractivity contribution in [3.8, 4) is 17.4 Å². The number of rotatable bonds is 6. The first-order valence-electron chi connectivity index (χ1n) is 15.6. The minimum atomic E-state index is -1.37. The molecule has 6 rings (SSSR count). The number of pyridine rings is 1. The zero-order valence-electron chi connectivity index (χ0n) is 25.4. The van der Waals surface area contributed by atoms with Crippen molar-refractivity contribution in [2.75, 3.05) is 11.9 Å². The summed E-state index contributed by atoms with van der Waals surface area (Å²) < 4.78 is 7.20. The van der Waals surface area contributed by atoms with Crippen molar-refractivity contribution < 1.29 is 24.2 Å². The summed E-state index contributed by atoms with van der Waals surface area (Å²) >= 11 is 1.44. The predicted octanol–water partition coefficient (Wildman–Crippen LogP) is 3.73. The van der Waals surface area contributed by atoms with Crippen molar-refractivity contribution in [3.05, 3.63) is 41.8 Å². The molecule has 0 radical (unpaired) electrons. The van der Waals surface area contributed by atoms with Gasteiger partial charge in [0.1, 0.15) is 33.9 Å². The van der Waals surface area contributed by atoms with Gasteiger partial charge in [0.25, 0.3) is 0 Å². The van der Waals surface area contributed by atoms with Crippen molar-refractivity contribution in [2.45, 2.75) is 88.6 Å². The van der Waals surface area contributed by atoms with E-state index < -0.39 is 35.6 Å². The quantitative estimate of drug-likeness (QED) is 0.293. The zero-order valence-corrected chi connectivity index (χ0v) is 26.3. The van der Waals surface area contributed by atoms with Gasteiger partial charge in [-0.15, -0.1) is 11.3 Å². The van der Waals surface area contributed by atoms with Gasteiger partial charge in [-0.2, -0.15) is 4.98 Å². The number of anilines is 1. The first kappa shape index (κ1) is 30.9. The molecular weight excluding hydrogens is 594 g/mol. The minimum absolute atomic E-state index is 0.117. The van der Waals surface area contributed by atoms with E-state index in [9.17, 15) is 19.5 Å². The molecule has 0 spiro atoms. The molecule has 5 atom stereocenters. The monoisotopic (exact) mass is 633 g/mol. The molecule has 1 saturated carbocycles. The number of carboxylic acids is 1. The van der Waals surface area contributed by atoms with Crippen molar-refractivity contribution in [1.29, 1.82) is 0 Å². The molecule has 2 fully saturated rings. The van der Waals surface area contributed by atoms with Crippen LogP contribution in [-0.4, -0.2) is 79.1 Å². The molecule has 2 amide bonds. The van der Waals surface area contributed by atoms with Crippen LogP contribution in [0.1, 0.15) is 58.8 Å². The second-order valence-corrected chi connectivity index (χ2v) is 13.3. The number of nitrogens with zero attached hydrogens (tertiary/aromatic N) is 4. The van der Waals surface area contributed by atoms with Crippen molar-refractivity contribution in [2.24, 2.45) is 11.7 Å². The Hall–Kier alpha value is -4.10. The molecule has 45 heavy (non-hydrogen) atoms. The first-order chi connectivity index (χ1) is 21.6. The Morgan fingerprint density at radius 2 is 2.04 bits per heavy atom. The Morgan fingerprint density at radius 3 is 2.84 bits per heavy atom. The van der Waals surface area contributed by atoms with Crippen molar-refractivity contribution in [3.63, 3.8) is 0 Å². The van der Waals surface area contributed by atoms with E-state index in [2.05, 4.69) is 15.6 Å². The maximum atomic E-state index is 13.7. The van der Waals surface area contributed by atoms with Gasteiger partial charge < -0.3 is 31.1 Å². The van der Waals surface area contributed by atoms with E-state index in [1.807, 2.05) is 55.6 Å². The summed E-state index contributed by atoms with van der Waals surface area (Å²) in [6.45, 7) is 4.18. The van der Waals surface area contributed by atoms with E-state index in [0.717, 1.165) is 30.4 Å². The highest BCUT2D eigenvalue weighted by molar-refractivity contribution is 7.17. The third-order valence-electron chi connectivity index (χ3n) is 8.63. The molecule has 0 bridgehead atoms. The Labute approximate surface area is 265 Å². The maximum Gasteiger partial charge on any atom is 0.330 e. The molecule has 1 saturated heterocycles. The van der Waals surface area contributed by atoms with Crippen LogP contribution in [0.15, 0.2) is 41.8 Å². The first-order valence-corrected chi connectivity index (χ1v) is 16.5. The van der Waals surface area contributed by atoms with Gasteiger partial charge in [-0.3, -0.25) is 9.59 Å². The second-order valence-electron chi connectivity index (χ2n) is 12.4. The molecule has 3 aromatic rings. The number of thiophene rings is 1. The Morgan fingerprint density at radius 1 is 1.20 bits per heavy atom. The number of ether oxygens (including phenoxy) is 1. The lowest BCUT2D eigenvalue weighted by Gasteiger charge is -2.27. The lowest BCUT2D eigenvalue weighted by molar-refractivity contribution is -0.145. The van der Waals surface area contributed by atoms with Crippen LogP contribution >= 0.6 is 11.3 Å². The smallest absolute Gasteiger partial charge is 0.330 e. The van der Waals surface area contributed by atoms with Crippen LogP contribution < -0.4 is 21.1 Å². The van der Waals surface area contributed by atoms with Gasteiger partial charge in [0.15, 0.2) is 5.82 Å². The van der Waals surface area contributed by atoms with Gasteiger partial charge in [0.05, 0.1) is 18.1 Å². The molecule has 5 N–H and O–H groups in total. The Bertz CT molecular complexity index is 1630. The number of aromatic nitrogens is 3. The van der Waals surface area contributed by atoms with E-state index in [1.165, 1.54) is 16.2 Å². The molecule has 5 heterocycles. The van der Waals surface area contributed by atoms with Gasteiger partial charge in [0.2, 0.25) is 17.7 Å². The molecule has 0 aromatic carbocycles. The lowest BCUT2D eigenvalue weighted by atomic mass is 10.1. The summed E-state index contributed by atoms with van der Waals surface area (Å²) in [6.07, 6.45) is 7.72. The number of carbonyl (C=O) groups excluding carboxylic acids is 2. The van der Waals surface area contributed by atoms with Crippen LogP contribution in [0.2, 0.25) is 0 Å². The summed E-state index contributed by atoms with van der Waals surface area (Å²) in [5.41, 5.74) is 6.25. The summed E-state index contributed by atoms with van der Waals surface area (Å²) in [5, 5.41) is 18.0. The summed E-state index contributed by atoms with van der Waals surface area (Å²) in [7, 11) is 0. The highest BCUT2D eigenvalue weighted by Gasteiger charge is 2.61. The molecule has 3 aromatic heterocycles. The number of carbonyl (C=O) groups is 3. The lowest BCUT2D eigenvalue weighted by Crippen LogP contribution is -2.55. The molecular formula is C32H39N7O5S. The number of aliphatic carboxylic acids is 1. The van der Waals surface area contributed by atoms with Crippen LogP contribution in [-0.2, 0) is 14.4 Å². The molecule has 13 heteroatoms. The highest BCUT2D eigenvalue weighted by Crippen LogP contribution is 2.45. The molecule has 12 nitrogen and oxygen atoms in total. The number of amides is 2. The maximum absolute atomic E-state index is 13.7. The average molecular weight is 634 g/mol. The van der Waals surface area contributed by atoms with Gasteiger partial charge >= 0.3 is 5.97 Å². The van der Waals surface area contributed by atoms with Crippen LogP contribution in [0, 0.1) is 5.92 Å². The molecule has 238 valence electrons. The normalized spacial score (nSPS) is 28.0. The molecule has 2 aliphatic heterocycles. The SMILES string of the molecule is CC(C)Nc1cccc(-c2nc(O[C@@H]3C[C@H]4C(=O)N[C@]5(C(=O)O)C[C@H]5/C=C\CCCCC[C@H](N)C(=O)N4C3)c3sccc3n2)n1. The van der Waals surface area contributed by atoms with E-state index in [0.29, 0.717) is 41.6 Å². The predicted molar refractivity (Wildman–Crippen MR) is 171 cm³/mol. The largest absolute Gasteiger partial charge is 0.479 e. The number of hydrogen-bond acceptors (Lipinski definition) is 10. The standard InChI is InChI=1S/C32H39N7O5S/c1-18(2)34-25-12-8-11-23(35-25)27-36-22-13-14-45-26(22)29(37-27)44-20-15-24-28(40)38-32(31(42)43)16-19(32)9-6-4-3-5-7-10-21(33)30(41)39(24)17-20/h6,8-9,11-14,18-21,24H,3-5,7,10,15-17,33H2,1-2H3,(H,34,35)(H,38,40)(H,42,43)/b9-6-/t19-,20-,21+,24+,32-/m1/s1. The number of nitrogens with one attached hydrogen (secondary N) is 2. The second kappa shape index (κ2) is 12.7. The fraction of sp³-hybridized carbons (Fsp3) is 0.500. The van der Waals surface area contributed by atoms with Crippen LogP contribution in [0.3, 0.4) is 0 Å². The fourth-order valence-electron chi connectivity index (χ4n) is 6.17. The number of allylic oxidation sites excluding steroid dienone is 1. The van der Waals surface area contributed by atoms with Gasteiger partial charge in [-0.1, -0.05) is 31.1 Å². The number of carboxylic acid groups (broad SMARTS) is 1. The number of nitrogens with two attached hydrogens (primary N) is 1. The topological polar surface area (TPSA) is 173 Å². The molecule has 1 aliphatic carbocycles. The summed E-state index contributed by atoms with van der Waals surface area (Å²) in [4.78, 5) is 55.2. The van der Waals surface area contributed by atoms with Gasteiger partial charge in [-0.05, 0) is 63.1 Å². The van der Waals surface area contributed by atoms with E-state index in [4.69, 9.17) is 20.4 Å². The average Bonchev–Trinajstić information content (AvgIpc) is 3.29. The van der Waals surface area contributed by atoms with E-state index >= 15 is 0 Å². The van der Waals surface area contributed by atoms with Crippen LogP contribution in [0.4, 0.5) is 5.82 Å². The third kappa shape index (κ3) is 6.50. The summed E-state index contributed by atoms with van der Waals surface area (Å²) in [6, 6.07) is 5.98. The van der Waals surface area contributed by atoms with E-state index in [1.54, 1.807) is 0 Å². The minimum Gasteiger partial charge on any atom is -0.479 e. The van der Waals surface area contributed by atoms with Crippen LogP contribution in [0.25, 0.3) is 21.7 Å². The number of fused-ring (bicyclic) bond motifs is 3. The van der Waals surface area contributed by atoms with Gasteiger partial charge in [-0.25, -0.2) is 14.8 Å². The highest BCUT2D eigenvalue weighted by atomic mass is 32.1. The Kier molecular flexibility index (Phi) is 8.74. The zero-order chi connectivity index (χ0) is 31.7. The van der Waals surface area contributed by atoms with Gasteiger partial charge in [0, 0.05) is 18.4 Å². The fourth-order valence-corrected chi connectivity index (χ4v) is 6.93. The number of hydrogen-bond donors (Lipinski definition) is 4. The molecule has 3 aliphatic rings. The van der Waals surface area contributed by atoms with Crippen molar-refractivity contribution in [1.82, 2.24) is 25.2 Å². The van der Waals surface area contributed by atoms with Crippen molar-refractivity contribution >= 4 is 45.2 Å². The Balaban J connectivity index is 1.28. The third-order valence-corrected chi connectivity index (χ3v) is 9.52.